The minimum absolute atomic E-state index is 0.00501. The third-order valence-corrected chi connectivity index (χ3v) is 6.23. The lowest BCUT2D eigenvalue weighted by Gasteiger charge is -2.22. The van der Waals surface area contributed by atoms with E-state index in [1.807, 2.05) is 23.1 Å². The van der Waals surface area contributed by atoms with Gasteiger partial charge in [0.1, 0.15) is 11.4 Å². The molecular formula is C22H23F3N6O2. The summed E-state index contributed by atoms with van der Waals surface area (Å²) in [5, 5.41) is 8.39. The molecule has 3 aliphatic rings. The molecule has 8 nitrogen and oxygen atoms in total. The summed E-state index contributed by atoms with van der Waals surface area (Å²) in [6.45, 7) is 1.32. The van der Waals surface area contributed by atoms with Crippen molar-refractivity contribution in [2.24, 2.45) is 0 Å². The molecular weight excluding hydrogens is 437 g/mol. The molecule has 0 unspecified atom stereocenters. The molecule has 33 heavy (non-hydrogen) atoms. The van der Waals surface area contributed by atoms with Gasteiger partial charge >= 0.3 is 6.18 Å². The predicted molar refractivity (Wildman–Crippen MR) is 114 cm³/mol. The zero-order valence-corrected chi connectivity index (χ0v) is 17.9. The van der Waals surface area contributed by atoms with Crippen molar-refractivity contribution in [1.29, 1.82) is 0 Å². The monoisotopic (exact) mass is 460 g/mol. The molecule has 2 aromatic rings. The summed E-state index contributed by atoms with van der Waals surface area (Å²) >= 11 is 0. The fraction of sp³-hybridized carbons (Fsp3) is 0.455. The molecule has 1 saturated carbocycles. The minimum Gasteiger partial charge on any atom is -0.367 e. The largest absolute Gasteiger partial charge is 0.421 e. The zero-order chi connectivity index (χ0) is 23.3. The van der Waals surface area contributed by atoms with Gasteiger partial charge in [-0.3, -0.25) is 9.59 Å². The van der Waals surface area contributed by atoms with Gasteiger partial charge in [-0.1, -0.05) is 6.07 Å². The van der Waals surface area contributed by atoms with Gasteiger partial charge in [-0.2, -0.15) is 18.2 Å². The number of anilines is 3. The van der Waals surface area contributed by atoms with Gasteiger partial charge in [-0.05, 0) is 48.9 Å². The molecule has 3 heterocycles. The molecule has 11 heteroatoms. The zero-order valence-electron chi connectivity index (χ0n) is 17.9. The highest BCUT2D eigenvalue weighted by Gasteiger charge is 2.46. The number of fused-ring (bicyclic) bond motifs is 5. The van der Waals surface area contributed by atoms with Gasteiger partial charge in [0, 0.05) is 24.8 Å². The number of benzene rings is 1. The number of carbonyl (C=O) groups is 2. The third kappa shape index (κ3) is 4.19. The number of alkyl halides is 3. The molecule has 174 valence electrons. The van der Waals surface area contributed by atoms with E-state index in [0.717, 1.165) is 43.0 Å². The normalized spacial score (nSPS) is 21.0. The van der Waals surface area contributed by atoms with E-state index >= 15 is 0 Å². The van der Waals surface area contributed by atoms with Crippen molar-refractivity contribution in [1.82, 2.24) is 20.2 Å². The summed E-state index contributed by atoms with van der Waals surface area (Å²) in [6, 6.07) is 5.52. The van der Waals surface area contributed by atoms with Crippen molar-refractivity contribution in [3.63, 3.8) is 0 Å². The average molecular weight is 460 g/mol. The Hall–Kier alpha value is -3.37. The second-order valence-electron chi connectivity index (χ2n) is 8.66. The second kappa shape index (κ2) is 7.89. The molecule has 2 fully saturated rings. The van der Waals surface area contributed by atoms with Crippen molar-refractivity contribution < 1.29 is 22.8 Å². The number of halogens is 3. The first-order valence-corrected chi connectivity index (χ1v) is 10.9. The first kappa shape index (κ1) is 21.5. The Balaban J connectivity index is 1.36. The molecule has 5 rings (SSSR count). The van der Waals surface area contributed by atoms with E-state index < -0.39 is 11.7 Å². The Bertz CT molecular complexity index is 1120. The Morgan fingerprint density at radius 3 is 2.52 bits per heavy atom. The Kier molecular flexibility index (Phi) is 5.13. The summed E-state index contributed by atoms with van der Waals surface area (Å²) in [6.07, 6.45) is -0.454. The van der Waals surface area contributed by atoms with E-state index in [-0.39, 0.29) is 48.3 Å². The van der Waals surface area contributed by atoms with E-state index in [1.54, 1.807) is 0 Å². The van der Waals surface area contributed by atoms with E-state index in [1.165, 1.54) is 6.92 Å². The summed E-state index contributed by atoms with van der Waals surface area (Å²) in [5.74, 6) is -0.554. The highest BCUT2D eigenvalue weighted by Crippen LogP contribution is 2.53. The molecule has 2 bridgehead atoms. The van der Waals surface area contributed by atoms with E-state index in [4.69, 9.17) is 0 Å². The Morgan fingerprint density at radius 2 is 1.85 bits per heavy atom. The fourth-order valence-electron chi connectivity index (χ4n) is 4.62. The van der Waals surface area contributed by atoms with Crippen LogP contribution in [0.3, 0.4) is 0 Å². The molecule has 1 aliphatic carbocycles. The Morgan fingerprint density at radius 1 is 1.12 bits per heavy atom. The summed E-state index contributed by atoms with van der Waals surface area (Å²) < 4.78 is 40.0. The Labute approximate surface area is 188 Å². The smallest absolute Gasteiger partial charge is 0.367 e. The lowest BCUT2D eigenvalue weighted by atomic mass is 9.91. The van der Waals surface area contributed by atoms with E-state index in [2.05, 4.69) is 25.9 Å². The lowest BCUT2D eigenvalue weighted by molar-refractivity contribution is -0.137. The number of hydrogen-bond acceptors (Lipinski definition) is 6. The molecule has 1 saturated heterocycles. The maximum Gasteiger partial charge on any atom is 0.421 e. The SMILES string of the molecule is CC(=O)NCC(=O)N1[C@@H]2CC[C@H]1c1ccc(Nc3ncc(C(F)(F)F)c(NC4CC4)n3)cc12. The number of rotatable bonds is 6. The van der Waals surface area contributed by atoms with Crippen LogP contribution in [0.25, 0.3) is 0 Å². The molecule has 2 atom stereocenters. The fourth-order valence-corrected chi connectivity index (χ4v) is 4.62. The van der Waals surface area contributed by atoms with Gasteiger partial charge in [-0.25, -0.2) is 4.98 Å². The third-order valence-electron chi connectivity index (χ3n) is 6.23. The van der Waals surface area contributed by atoms with E-state index in [9.17, 15) is 22.8 Å². The minimum atomic E-state index is -4.55. The first-order valence-electron chi connectivity index (χ1n) is 10.9. The van der Waals surface area contributed by atoms with Gasteiger partial charge < -0.3 is 20.9 Å². The summed E-state index contributed by atoms with van der Waals surface area (Å²) in [5.41, 5.74) is 1.79. The summed E-state index contributed by atoms with van der Waals surface area (Å²) in [4.78, 5) is 33.6. The van der Waals surface area contributed by atoms with Gasteiger partial charge in [-0.15, -0.1) is 0 Å². The highest BCUT2D eigenvalue weighted by molar-refractivity contribution is 5.85. The van der Waals surface area contributed by atoms with Crippen LogP contribution in [0.1, 0.15) is 61.4 Å². The molecule has 3 N–H and O–H groups in total. The molecule has 2 amide bonds. The van der Waals surface area contributed by atoms with Crippen molar-refractivity contribution in [2.75, 3.05) is 17.2 Å². The van der Waals surface area contributed by atoms with Gasteiger partial charge in [0.05, 0.1) is 18.6 Å². The van der Waals surface area contributed by atoms with Crippen LogP contribution in [0, 0.1) is 0 Å². The van der Waals surface area contributed by atoms with Crippen LogP contribution in [-0.2, 0) is 15.8 Å². The molecule has 1 aromatic heterocycles. The van der Waals surface area contributed by atoms with Crippen LogP contribution in [0.2, 0.25) is 0 Å². The van der Waals surface area contributed by atoms with E-state index in [0.29, 0.717) is 5.69 Å². The number of nitrogens with zero attached hydrogens (tertiary/aromatic N) is 3. The van der Waals surface area contributed by atoms with Crippen molar-refractivity contribution in [3.05, 3.63) is 41.1 Å². The number of amides is 2. The second-order valence-corrected chi connectivity index (χ2v) is 8.66. The molecule has 0 radical (unpaired) electrons. The van der Waals surface area contributed by atoms with Gasteiger partial charge in [0.25, 0.3) is 0 Å². The van der Waals surface area contributed by atoms with Gasteiger partial charge in [0.15, 0.2) is 0 Å². The van der Waals surface area contributed by atoms with Crippen molar-refractivity contribution >= 4 is 29.3 Å². The number of hydrogen-bond donors (Lipinski definition) is 3. The standard InChI is InChI=1S/C22H23F3N6O2/c1-11(32)26-10-19(33)31-17-6-7-18(31)15-8-13(4-5-14(15)17)29-21-27-9-16(22(23,24)25)20(30-21)28-12-2-3-12/h4-5,8-9,12,17-18H,2-3,6-7,10H2,1H3,(H,26,32)(H2,27,28,29,30)/t17-,18+/m0/s1. The first-order chi connectivity index (χ1) is 15.7. The molecule has 2 aliphatic heterocycles. The maximum atomic E-state index is 13.3. The van der Waals surface area contributed by atoms with Crippen LogP contribution < -0.4 is 16.0 Å². The number of nitrogens with one attached hydrogen (secondary N) is 3. The van der Waals surface area contributed by atoms with Crippen LogP contribution in [0.15, 0.2) is 24.4 Å². The average Bonchev–Trinajstić information content (AvgIpc) is 3.38. The van der Waals surface area contributed by atoms with Crippen LogP contribution in [-0.4, -0.2) is 39.3 Å². The lowest BCUT2D eigenvalue weighted by Crippen LogP contribution is -2.37. The number of carbonyl (C=O) groups excluding carboxylic acids is 2. The quantitative estimate of drug-likeness (QED) is 0.609. The van der Waals surface area contributed by atoms with Crippen molar-refractivity contribution in [2.45, 2.75) is 56.9 Å². The van der Waals surface area contributed by atoms with Crippen LogP contribution in [0.4, 0.5) is 30.6 Å². The highest BCUT2D eigenvalue weighted by atomic mass is 19.4. The predicted octanol–water partition coefficient (Wildman–Crippen LogP) is 3.67. The topological polar surface area (TPSA) is 99.3 Å². The van der Waals surface area contributed by atoms with Gasteiger partial charge in [0.2, 0.25) is 17.8 Å². The van der Waals surface area contributed by atoms with Crippen molar-refractivity contribution in [3.8, 4) is 0 Å². The maximum absolute atomic E-state index is 13.3. The molecule has 0 spiro atoms. The molecule has 1 aromatic carbocycles. The van der Waals surface area contributed by atoms with Crippen LogP contribution in [0.5, 0.6) is 0 Å². The number of aromatic nitrogens is 2. The van der Waals surface area contributed by atoms with Crippen LogP contribution >= 0.6 is 0 Å². The summed E-state index contributed by atoms with van der Waals surface area (Å²) in [7, 11) is 0.